The summed E-state index contributed by atoms with van der Waals surface area (Å²) in [7, 11) is 0. The van der Waals surface area contributed by atoms with Gasteiger partial charge < -0.3 is 14.8 Å². The summed E-state index contributed by atoms with van der Waals surface area (Å²) in [6.45, 7) is 9.14. The fourth-order valence-electron chi connectivity index (χ4n) is 2.19. The van der Waals surface area contributed by atoms with Crippen LogP contribution in [0.1, 0.15) is 46.1 Å². The Kier molecular flexibility index (Phi) is 8.31. The molecule has 1 aromatic rings. The number of carbonyl (C=O) groups is 1. The van der Waals surface area contributed by atoms with Crippen LogP contribution in [0.2, 0.25) is 0 Å². The van der Waals surface area contributed by atoms with Crippen molar-refractivity contribution in [2.75, 3.05) is 13.2 Å². The predicted octanol–water partition coefficient (Wildman–Crippen LogP) is 4.09. The van der Waals surface area contributed by atoms with Crippen LogP contribution in [0.5, 0.6) is 11.5 Å². The molecule has 1 amide bonds. The second kappa shape index (κ2) is 9.72. The topological polar surface area (TPSA) is 47.6 Å². The average molecular weight is 372 g/mol. The van der Waals surface area contributed by atoms with Crippen molar-refractivity contribution in [3.05, 3.63) is 22.2 Å². The van der Waals surface area contributed by atoms with Gasteiger partial charge in [-0.25, -0.2) is 0 Å². The molecule has 1 aromatic carbocycles. The average Bonchev–Trinajstić information content (AvgIpc) is 2.49. The Bertz CT molecular complexity index is 487. The number of carbonyl (C=O) groups excluding carboxylic acids is 1. The van der Waals surface area contributed by atoms with Crippen LogP contribution in [-0.2, 0) is 11.2 Å². The van der Waals surface area contributed by atoms with E-state index in [0.717, 1.165) is 22.9 Å². The van der Waals surface area contributed by atoms with Crippen LogP contribution in [0.15, 0.2) is 16.6 Å². The van der Waals surface area contributed by atoms with E-state index in [1.807, 2.05) is 26.0 Å². The van der Waals surface area contributed by atoms with Gasteiger partial charge in [0.1, 0.15) is 0 Å². The number of benzene rings is 1. The highest BCUT2D eigenvalue weighted by Gasteiger charge is 2.15. The van der Waals surface area contributed by atoms with Gasteiger partial charge in [0.15, 0.2) is 11.5 Å². The number of nitrogens with one attached hydrogen (secondary N) is 1. The van der Waals surface area contributed by atoms with Gasteiger partial charge in [-0.1, -0.05) is 29.8 Å². The second-order valence-electron chi connectivity index (χ2n) is 5.01. The van der Waals surface area contributed by atoms with Gasteiger partial charge in [-0.15, -0.1) is 0 Å². The largest absolute Gasteiger partial charge is 0.490 e. The molecule has 0 aliphatic heterocycles. The van der Waals surface area contributed by atoms with E-state index in [1.54, 1.807) is 0 Å². The molecule has 22 heavy (non-hydrogen) atoms. The van der Waals surface area contributed by atoms with Gasteiger partial charge in [0.25, 0.3) is 0 Å². The lowest BCUT2D eigenvalue weighted by Crippen LogP contribution is -2.34. The molecule has 1 rings (SSSR count). The number of hydrogen-bond acceptors (Lipinski definition) is 3. The number of halogens is 1. The third-order valence-electron chi connectivity index (χ3n) is 3.41. The third kappa shape index (κ3) is 5.52. The van der Waals surface area contributed by atoms with E-state index in [1.165, 1.54) is 0 Å². The normalized spacial score (nSPS) is 10.6. The fraction of sp³-hybridized carbons (Fsp3) is 0.588. The van der Waals surface area contributed by atoms with Crippen molar-refractivity contribution in [1.82, 2.24) is 5.32 Å². The molecule has 0 bridgehead atoms. The van der Waals surface area contributed by atoms with Crippen molar-refractivity contribution >= 4 is 21.8 Å². The molecule has 0 aliphatic rings. The van der Waals surface area contributed by atoms with Crippen molar-refractivity contribution in [2.45, 2.75) is 53.0 Å². The maximum absolute atomic E-state index is 12.2. The molecule has 0 aromatic heterocycles. The Hall–Kier alpha value is -1.23. The van der Waals surface area contributed by atoms with E-state index in [2.05, 4.69) is 35.1 Å². The molecule has 4 nitrogen and oxygen atoms in total. The molecular formula is C17H26BrNO3. The molecule has 0 unspecified atom stereocenters. The molecule has 1 N–H and O–H groups in total. The highest BCUT2D eigenvalue weighted by Crippen LogP contribution is 2.34. The molecule has 124 valence electrons. The quantitative estimate of drug-likeness (QED) is 0.710. The molecule has 0 fully saturated rings. The highest BCUT2D eigenvalue weighted by atomic mass is 79.9. The van der Waals surface area contributed by atoms with Gasteiger partial charge in [-0.3, -0.25) is 4.79 Å². The van der Waals surface area contributed by atoms with Crippen LogP contribution in [0, 0.1) is 0 Å². The van der Waals surface area contributed by atoms with Crippen molar-refractivity contribution < 1.29 is 14.3 Å². The van der Waals surface area contributed by atoms with E-state index in [0.29, 0.717) is 31.1 Å². The van der Waals surface area contributed by atoms with Crippen molar-refractivity contribution in [2.24, 2.45) is 0 Å². The number of amides is 1. The Morgan fingerprint density at radius 3 is 2.14 bits per heavy atom. The maximum atomic E-state index is 12.2. The Morgan fingerprint density at radius 2 is 1.64 bits per heavy atom. The van der Waals surface area contributed by atoms with E-state index >= 15 is 0 Å². The summed E-state index contributed by atoms with van der Waals surface area (Å²) in [5, 5.41) is 3.05. The molecule has 0 aliphatic carbocycles. The third-order valence-corrected chi connectivity index (χ3v) is 4.15. The Labute approximate surface area is 141 Å². The van der Waals surface area contributed by atoms with Crippen molar-refractivity contribution in [1.29, 1.82) is 0 Å². The van der Waals surface area contributed by atoms with Gasteiger partial charge >= 0.3 is 0 Å². The van der Waals surface area contributed by atoms with E-state index in [4.69, 9.17) is 9.47 Å². The summed E-state index contributed by atoms with van der Waals surface area (Å²) in [4.78, 5) is 12.2. The van der Waals surface area contributed by atoms with Crippen LogP contribution in [-0.4, -0.2) is 25.2 Å². The van der Waals surface area contributed by atoms with E-state index < -0.39 is 0 Å². The van der Waals surface area contributed by atoms with Gasteiger partial charge in [0.2, 0.25) is 5.91 Å². The van der Waals surface area contributed by atoms with E-state index in [9.17, 15) is 4.79 Å². The van der Waals surface area contributed by atoms with Crippen LogP contribution in [0.25, 0.3) is 0 Å². The summed E-state index contributed by atoms with van der Waals surface area (Å²) < 4.78 is 12.0. The molecule has 0 radical (unpaired) electrons. The van der Waals surface area contributed by atoms with Gasteiger partial charge in [0.05, 0.1) is 19.6 Å². The Balaban J connectivity index is 2.89. The van der Waals surface area contributed by atoms with Crippen LogP contribution in [0.4, 0.5) is 0 Å². The first-order valence-electron chi connectivity index (χ1n) is 7.92. The van der Waals surface area contributed by atoms with Gasteiger partial charge in [-0.2, -0.15) is 0 Å². The zero-order valence-corrected chi connectivity index (χ0v) is 15.5. The van der Waals surface area contributed by atoms with Gasteiger partial charge in [0, 0.05) is 10.5 Å². The number of hydrogen-bond donors (Lipinski definition) is 1. The summed E-state index contributed by atoms with van der Waals surface area (Å²) >= 11 is 3.52. The zero-order chi connectivity index (χ0) is 16.5. The second-order valence-corrected chi connectivity index (χ2v) is 5.87. The molecule has 0 saturated heterocycles. The first-order chi connectivity index (χ1) is 10.5. The van der Waals surface area contributed by atoms with Crippen molar-refractivity contribution in [3.8, 4) is 11.5 Å². The maximum Gasteiger partial charge on any atom is 0.224 e. The summed E-state index contributed by atoms with van der Waals surface area (Å²) in [6.07, 6.45) is 2.21. The monoisotopic (exact) mass is 371 g/mol. The molecule has 0 atom stereocenters. The SMILES string of the molecule is CCOc1cc(Br)c(CC(=O)NC(CC)CC)cc1OCC. The number of ether oxygens (including phenoxy) is 2. The highest BCUT2D eigenvalue weighted by molar-refractivity contribution is 9.10. The lowest BCUT2D eigenvalue weighted by atomic mass is 10.1. The zero-order valence-electron chi connectivity index (χ0n) is 13.9. The summed E-state index contributed by atoms with van der Waals surface area (Å²) in [5.74, 6) is 1.40. The summed E-state index contributed by atoms with van der Waals surface area (Å²) in [6, 6.07) is 3.99. The molecule has 5 heteroatoms. The summed E-state index contributed by atoms with van der Waals surface area (Å²) in [5.41, 5.74) is 0.898. The van der Waals surface area contributed by atoms with Gasteiger partial charge in [-0.05, 0) is 44.4 Å². The first kappa shape index (κ1) is 18.8. The molecule has 0 saturated carbocycles. The number of rotatable bonds is 9. The Morgan fingerprint density at radius 1 is 1.09 bits per heavy atom. The minimum atomic E-state index is 0.0287. The fourth-order valence-corrected chi connectivity index (χ4v) is 2.66. The minimum Gasteiger partial charge on any atom is -0.490 e. The van der Waals surface area contributed by atoms with Crippen LogP contribution >= 0.6 is 15.9 Å². The smallest absolute Gasteiger partial charge is 0.224 e. The van der Waals surface area contributed by atoms with Crippen LogP contribution in [0.3, 0.4) is 0 Å². The molecular weight excluding hydrogens is 346 g/mol. The molecule has 0 heterocycles. The predicted molar refractivity (Wildman–Crippen MR) is 92.7 cm³/mol. The molecule has 0 spiro atoms. The lowest BCUT2D eigenvalue weighted by Gasteiger charge is -2.17. The standard InChI is InChI=1S/C17H26BrNO3/c1-5-13(6-2)19-17(20)10-12-9-15(21-7-3)16(22-8-4)11-14(12)18/h9,11,13H,5-8,10H2,1-4H3,(H,19,20). The first-order valence-corrected chi connectivity index (χ1v) is 8.72. The van der Waals surface area contributed by atoms with Crippen LogP contribution < -0.4 is 14.8 Å². The van der Waals surface area contributed by atoms with E-state index in [-0.39, 0.29) is 11.9 Å². The minimum absolute atomic E-state index is 0.0287. The van der Waals surface area contributed by atoms with Crippen molar-refractivity contribution in [3.63, 3.8) is 0 Å². The lowest BCUT2D eigenvalue weighted by molar-refractivity contribution is -0.121.